The van der Waals surface area contributed by atoms with E-state index in [1.165, 1.54) is 27.5 Å². The molecule has 0 bridgehead atoms. The van der Waals surface area contributed by atoms with E-state index in [-0.39, 0.29) is 0 Å². The van der Waals surface area contributed by atoms with Crippen molar-refractivity contribution in [1.29, 1.82) is 0 Å². The predicted molar refractivity (Wildman–Crippen MR) is 66.9 cm³/mol. The molecule has 16 heavy (non-hydrogen) atoms. The van der Waals surface area contributed by atoms with E-state index in [2.05, 4.69) is 48.4 Å². The van der Waals surface area contributed by atoms with Crippen LogP contribution >= 0.6 is 0 Å². The third-order valence-corrected chi connectivity index (χ3v) is 3.24. The van der Waals surface area contributed by atoms with Gasteiger partial charge in [0.05, 0.1) is 16.7 Å². The summed E-state index contributed by atoms with van der Waals surface area (Å²) in [6.07, 6.45) is 3.90. The minimum Gasteiger partial charge on any atom is -0.313 e. The van der Waals surface area contributed by atoms with Gasteiger partial charge >= 0.3 is 0 Å². The first kappa shape index (κ1) is 9.40. The van der Waals surface area contributed by atoms with Crippen LogP contribution < -0.4 is 0 Å². The molecule has 0 aliphatic carbocycles. The molecule has 1 aromatic carbocycles. The maximum atomic E-state index is 4.37. The maximum Gasteiger partial charge on any atom is 0.0704 e. The fraction of sp³-hybridized carbons (Fsp3) is 0.214. The standard InChI is InChI=1S/C14H14N2/c1-9-4-5-13-12(8-9)10(2)14-11(3)15-6-7-16(13)14/h4-8H,1-3H3. The molecule has 3 rings (SSSR count). The average molecular weight is 210 g/mol. The number of hydrogen-bond donors (Lipinski definition) is 0. The summed E-state index contributed by atoms with van der Waals surface area (Å²) in [7, 11) is 0. The molecule has 0 aliphatic heterocycles. The fourth-order valence-electron chi connectivity index (χ4n) is 2.46. The number of hydrogen-bond acceptors (Lipinski definition) is 1. The van der Waals surface area contributed by atoms with Gasteiger partial charge in [0.25, 0.3) is 0 Å². The monoisotopic (exact) mass is 210 g/mol. The molecule has 2 heterocycles. The van der Waals surface area contributed by atoms with Crippen LogP contribution in [0.15, 0.2) is 30.6 Å². The van der Waals surface area contributed by atoms with E-state index < -0.39 is 0 Å². The van der Waals surface area contributed by atoms with Crippen LogP contribution in [0.1, 0.15) is 16.8 Å². The highest BCUT2D eigenvalue weighted by atomic mass is 14.9. The molecule has 2 heteroatoms. The second-order valence-corrected chi connectivity index (χ2v) is 4.38. The first-order chi connectivity index (χ1) is 7.68. The van der Waals surface area contributed by atoms with Crippen molar-refractivity contribution in [3.8, 4) is 0 Å². The third-order valence-electron chi connectivity index (χ3n) is 3.24. The zero-order chi connectivity index (χ0) is 11.3. The Balaban J connectivity index is 2.64. The van der Waals surface area contributed by atoms with Crippen LogP contribution in [-0.2, 0) is 0 Å². The van der Waals surface area contributed by atoms with Crippen LogP contribution in [-0.4, -0.2) is 9.38 Å². The van der Waals surface area contributed by atoms with Gasteiger partial charge in [-0.3, -0.25) is 4.98 Å². The zero-order valence-electron chi connectivity index (χ0n) is 9.78. The van der Waals surface area contributed by atoms with E-state index in [0.717, 1.165) is 5.69 Å². The van der Waals surface area contributed by atoms with Crippen molar-refractivity contribution < 1.29 is 0 Å². The van der Waals surface area contributed by atoms with Crippen LogP contribution in [0.3, 0.4) is 0 Å². The predicted octanol–water partition coefficient (Wildman–Crippen LogP) is 3.41. The summed E-state index contributed by atoms with van der Waals surface area (Å²) in [6, 6.07) is 6.59. The van der Waals surface area contributed by atoms with Crippen LogP contribution in [0.4, 0.5) is 0 Å². The summed E-state index contributed by atoms with van der Waals surface area (Å²) in [5.41, 5.74) is 6.22. The first-order valence-electron chi connectivity index (χ1n) is 5.51. The molecule has 0 spiro atoms. The van der Waals surface area contributed by atoms with Crippen LogP contribution in [0, 0.1) is 20.8 Å². The maximum absolute atomic E-state index is 4.37. The Morgan fingerprint density at radius 2 is 1.94 bits per heavy atom. The van der Waals surface area contributed by atoms with Gasteiger partial charge in [0.1, 0.15) is 0 Å². The Labute approximate surface area is 94.5 Å². The fourth-order valence-corrected chi connectivity index (χ4v) is 2.46. The summed E-state index contributed by atoms with van der Waals surface area (Å²) in [5.74, 6) is 0. The van der Waals surface area contributed by atoms with E-state index in [0.29, 0.717) is 0 Å². The van der Waals surface area contributed by atoms with E-state index in [1.807, 2.05) is 12.4 Å². The van der Waals surface area contributed by atoms with Crippen molar-refractivity contribution in [2.24, 2.45) is 0 Å². The van der Waals surface area contributed by atoms with Crippen molar-refractivity contribution in [1.82, 2.24) is 9.38 Å². The van der Waals surface area contributed by atoms with Gasteiger partial charge in [-0.25, -0.2) is 0 Å². The Hall–Kier alpha value is -1.83. The van der Waals surface area contributed by atoms with Gasteiger partial charge in [0.15, 0.2) is 0 Å². The number of aromatic nitrogens is 2. The molecular formula is C14H14N2. The van der Waals surface area contributed by atoms with Crippen molar-refractivity contribution in [2.45, 2.75) is 20.8 Å². The van der Waals surface area contributed by atoms with E-state index in [4.69, 9.17) is 0 Å². The van der Waals surface area contributed by atoms with Crippen molar-refractivity contribution in [3.05, 3.63) is 47.4 Å². The number of aryl methyl sites for hydroxylation is 3. The molecule has 0 aliphatic rings. The third kappa shape index (κ3) is 1.10. The molecule has 0 saturated heterocycles. The Bertz CT molecular complexity index is 693. The smallest absolute Gasteiger partial charge is 0.0704 e. The van der Waals surface area contributed by atoms with Crippen molar-refractivity contribution >= 4 is 16.4 Å². The lowest BCUT2D eigenvalue weighted by molar-refractivity contribution is 1.11. The number of nitrogens with zero attached hydrogens (tertiary/aromatic N) is 2. The summed E-state index contributed by atoms with van der Waals surface area (Å²) in [4.78, 5) is 4.37. The van der Waals surface area contributed by atoms with E-state index >= 15 is 0 Å². The first-order valence-corrected chi connectivity index (χ1v) is 5.51. The molecule has 0 radical (unpaired) electrons. The van der Waals surface area contributed by atoms with Gasteiger partial charge in [-0.15, -0.1) is 0 Å². The van der Waals surface area contributed by atoms with Gasteiger partial charge in [-0.1, -0.05) is 11.6 Å². The number of benzene rings is 1. The van der Waals surface area contributed by atoms with E-state index in [1.54, 1.807) is 0 Å². The van der Waals surface area contributed by atoms with Gasteiger partial charge < -0.3 is 4.40 Å². The summed E-state index contributed by atoms with van der Waals surface area (Å²) in [6.45, 7) is 6.37. The van der Waals surface area contributed by atoms with E-state index in [9.17, 15) is 0 Å². The minimum atomic E-state index is 1.09. The number of rotatable bonds is 0. The molecular weight excluding hydrogens is 196 g/mol. The molecule has 2 aromatic heterocycles. The van der Waals surface area contributed by atoms with Crippen LogP contribution in [0.5, 0.6) is 0 Å². The average Bonchev–Trinajstić information content (AvgIpc) is 2.54. The lowest BCUT2D eigenvalue weighted by atomic mass is 10.1. The highest BCUT2D eigenvalue weighted by Crippen LogP contribution is 2.27. The molecule has 0 atom stereocenters. The largest absolute Gasteiger partial charge is 0.313 e. The molecule has 0 N–H and O–H groups in total. The highest BCUT2D eigenvalue weighted by Gasteiger charge is 2.09. The van der Waals surface area contributed by atoms with Gasteiger partial charge in [-0.05, 0) is 38.5 Å². The van der Waals surface area contributed by atoms with Crippen molar-refractivity contribution in [2.75, 3.05) is 0 Å². The molecule has 0 fully saturated rings. The molecule has 2 nitrogen and oxygen atoms in total. The Morgan fingerprint density at radius 1 is 1.12 bits per heavy atom. The van der Waals surface area contributed by atoms with Crippen molar-refractivity contribution in [3.63, 3.8) is 0 Å². The summed E-state index contributed by atoms with van der Waals surface area (Å²) < 4.78 is 2.23. The Morgan fingerprint density at radius 3 is 2.75 bits per heavy atom. The molecule has 80 valence electrons. The Kier molecular flexibility index (Phi) is 1.81. The van der Waals surface area contributed by atoms with Gasteiger partial charge in [0, 0.05) is 17.8 Å². The van der Waals surface area contributed by atoms with Crippen LogP contribution in [0.2, 0.25) is 0 Å². The van der Waals surface area contributed by atoms with Crippen LogP contribution in [0.25, 0.3) is 16.4 Å². The summed E-state index contributed by atoms with van der Waals surface area (Å²) >= 11 is 0. The normalized spacial score (nSPS) is 11.4. The molecule has 0 amide bonds. The SMILES string of the molecule is Cc1ccc2c(c1)c(C)c1c(C)nccn12. The molecule has 3 aromatic rings. The number of fused-ring (bicyclic) bond motifs is 3. The lowest BCUT2D eigenvalue weighted by Gasteiger charge is -1.99. The molecule has 0 saturated carbocycles. The topological polar surface area (TPSA) is 17.3 Å². The lowest BCUT2D eigenvalue weighted by Crippen LogP contribution is -1.89. The zero-order valence-corrected chi connectivity index (χ0v) is 9.78. The highest BCUT2D eigenvalue weighted by molar-refractivity contribution is 5.93. The van der Waals surface area contributed by atoms with Gasteiger partial charge in [-0.2, -0.15) is 0 Å². The quantitative estimate of drug-likeness (QED) is 0.555. The van der Waals surface area contributed by atoms with Gasteiger partial charge in [0.2, 0.25) is 0 Å². The summed E-state index contributed by atoms with van der Waals surface area (Å²) in [5, 5.41) is 1.33. The minimum absolute atomic E-state index is 1.09. The second-order valence-electron chi connectivity index (χ2n) is 4.38. The second kappa shape index (κ2) is 3.08. The molecule has 0 unspecified atom stereocenters.